The van der Waals surface area contributed by atoms with Crippen LogP contribution in [-0.2, 0) is 9.53 Å². The first-order valence-electron chi connectivity index (χ1n) is 12.3. The van der Waals surface area contributed by atoms with Crippen LogP contribution in [-0.4, -0.2) is 63.2 Å². The molecule has 4 aromatic rings. The molecule has 1 aliphatic heterocycles. The third kappa shape index (κ3) is 4.15. The predicted molar refractivity (Wildman–Crippen MR) is 137 cm³/mol. The van der Waals surface area contributed by atoms with Gasteiger partial charge in [-0.25, -0.2) is 18.4 Å². The highest BCUT2D eigenvalue weighted by Gasteiger charge is 2.41. The fourth-order valence-electron chi connectivity index (χ4n) is 5.44. The molecule has 0 radical (unpaired) electrons. The molecule has 9 nitrogen and oxygen atoms in total. The number of ether oxygens (including phenoxy) is 1. The molecule has 2 atom stereocenters. The number of amides is 2. The smallest absolute Gasteiger partial charge is 0.432 e. The van der Waals surface area contributed by atoms with Crippen molar-refractivity contribution in [1.82, 2.24) is 14.7 Å². The van der Waals surface area contributed by atoms with Gasteiger partial charge in [0.05, 0.1) is 29.3 Å². The minimum Gasteiger partial charge on any atom is -0.463 e. The van der Waals surface area contributed by atoms with E-state index in [1.165, 1.54) is 12.1 Å². The second-order valence-electron chi connectivity index (χ2n) is 9.49. The summed E-state index contributed by atoms with van der Waals surface area (Å²) in [6, 6.07) is 16.9. The van der Waals surface area contributed by atoms with Crippen LogP contribution in [0.3, 0.4) is 0 Å². The first-order chi connectivity index (χ1) is 18.8. The van der Waals surface area contributed by atoms with E-state index in [1.54, 1.807) is 0 Å². The lowest BCUT2D eigenvalue weighted by Crippen LogP contribution is -2.43. The number of likely N-dealkylation sites (tertiary alicyclic amines) is 1. The maximum atomic E-state index is 15.0. The molecule has 198 valence electrons. The van der Waals surface area contributed by atoms with Crippen LogP contribution in [0.4, 0.5) is 24.1 Å². The average Bonchev–Trinajstić information content (AvgIpc) is 3.63. The summed E-state index contributed by atoms with van der Waals surface area (Å²) in [7, 11) is 0. The first kappa shape index (κ1) is 24.5. The molecule has 2 amide bonds. The lowest BCUT2D eigenvalue weighted by Gasteiger charge is -2.24. The highest BCUT2D eigenvalue weighted by atomic mass is 19.1. The van der Waals surface area contributed by atoms with Gasteiger partial charge < -0.3 is 15.2 Å². The van der Waals surface area contributed by atoms with Crippen LogP contribution in [0.5, 0.6) is 0 Å². The summed E-state index contributed by atoms with van der Waals surface area (Å²) in [5.41, 5.74) is 3.91. The quantitative estimate of drug-likeness (QED) is 0.382. The Hall–Kier alpha value is -4.80. The van der Waals surface area contributed by atoms with Gasteiger partial charge in [-0.15, -0.1) is 0 Å². The largest absolute Gasteiger partial charge is 0.463 e. The summed E-state index contributed by atoms with van der Waals surface area (Å²) in [5, 5.41) is 15.1. The summed E-state index contributed by atoms with van der Waals surface area (Å²) < 4.78 is 35.6. The Kier molecular flexibility index (Phi) is 5.97. The fourth-order valence-corrected chi connectivity index (χ4v) is 5.44. The number of aromatic nitrogens is 2. The number of rotatable bonds is 4. The van der Waals surface area contributed by atoms with E-state index in [-0.39, 0.29) is 42.1 Å². The zero-order valence-electron chi connectivity index (χ0n) is 20.4. The van der Waals surface area contributed by atoms with Gasteiger partial charge in [0.1, 0.15) is 18.8 Å². The van der Waals surface area contributed by atoms with E-state index in [0.29, 0.717) is 4.68 Å². The molecule has 2 N–H and O–H groups in total. The molecule has 2 aliphatic rings. The van der Waals surface area contributed by atoms with Crippen molar-refractivity contribution in [2.45, 2.75) is 24.6 Å². The van der Waals surface area contributed by atoms with Gasteiger partial charge in [-0.2, -0.15) is 9.78 Å². The Bertz CT molecular complexity index is 1590. The molecule has 0 unspecified atom stereocenters. The average molecular weight is 533 g/mol. The lowest BCUT2D eigenvalue weighted by molar-refractivity contribution is -0.120. The van der Waals surface area contributed by atoms with Crippen molar-refractivity contribution < 1.29 is 33.0 Å². The minimum atomic E-state index is -1.46. The summed E-state index contributed by atoms with van der Waals surface area (Å²) >= 11 is 0. The number of anilines is 1. The van der Waals surface area contributed by atoms with Crippen molar-refractivity contribution in [1.29, 1.82) is 0 Å². The van der Waals surface area contributed by atoms with Gasteiger partial charge in [0.25, 0.3) is 0 Å². The molecule has 1 saturated heterocycles. The highest BCUT2D eigenvalue weighted by Crippen LogP contribution is 2.44. The molecule has 11 heteroatoms. The Morgan fingerprint density at radius 1 is 1.03 bits per heavy atom. The molecule has 3 aromatic carbocycles. The van der Waals surface area contributed by atoms with Gasteiger partial charge in [-0.3, -0.25) is 9.69 Å². The predicted octanol–water partition coefficient (Wildman–Crippen LogP) is 5.00. The first-order valence-corrected chi connectivity index (χ1v) is 12.3. The van der Waals surface area contributed by atoms with E-state index in [9.17, 15) is 18.8 Å². The van der Waals surface area contributed by atoms with Crippen molar-refractivity contribution in [2.24, 2.45) is 0 Å². The van der Waals surface area contributed by atoms with Gasteiger partial charge in [-0.1, -0.05) is 48.5 Å². The number of halogens is 2. The molecule has 0 bridgehead atoms. The van der Waals surface area contributed by atoms with Gasteiger partial charge in [-0.05, 0) is 34.4 Å². The maximum absolute atomic E-state index is 15.0. The van der Waals surface area contributed by atoms with Crippen LogP contribution >= 0.6 is 0 Å². The second-order valence-corrected chi connectivity index (χ2v) is 9.49. The SMILES string of the molecule is O=C(Nc1ccc2c(cnn2C(=O)O)c1F)[C@H]1C[C@@H](F)CN1C(=O)OCC1c2ccccc2-c2ccccc21. The van der Waals surface area contributed by atoms with E-state index in [0.717, 1.165) is 33.4 Å². The number of nitrogens with one attached hydrogen (secondary N) is 1. The van der Waals surface area contributed by atoms with Crippen LogP contribution in [0.15, 0.2) is 66.9 Å². The minimum absolute atomic E-state index is 0.00273. The molecule has 2 heterocycles. The van der Waals surface area contributed by atoms with E-state index < -0.39 is 36.1 Å². The number of benzene rings is 3. The lowest BCUT2D eigenvalue weighted by atomic mass is 9.98. The number of hydrogen-bond donors (Lipinski definition) is 2. The molecule has 39 heavy (non-hydrogen) atoms. The summed E-state index contributed by atoms with van der Waals surface area (Å²) in [6.07, 6.45) is -2.92. The fraction of sp³-hybridized carbons (Fsp3) is 0.214. The Labute approximate surface area is 220 Å². The van der Waals surface area contributed by atoms with Crippen molar-refractivity contribution in [2.75, 3.05) is 18.5 Å². The van der Waals surface area contributed by atoms with Gasteiger partial charge >= 0.3 is 12.2 Å². The molecule has 0 spiro atoms. The maximum Gasteiger partial charge on any atom is 0.432 e. The van der Waals surface area contributed by atoms with Gasteiger partial charge in [0.15, 0.2) is 5.82 Å². The molecular weight excluding hydrogens is 510 g/mol. The Morgan fingerprint density at radius 3 is 2.36 bits per heavy atom. The van der Waals surface area contributed by atoms with Crippen LogP contribution in [0.2, 0.25) is 0 Å². The monoisotopic (exact) mass is 532 g/mol. The number of carbonyl (C=O) groups is 3. The number of alkyl halides is 1. The zero-order valence-corrected chi connectivity index (χ0v) is 20.4. The molecule has 1 aliphatic carbocycles. The molecule has 1 aromatic heterocycles. The van der Waals surface area contributed by atoms with Crippen molar-refractivity contribution in [3.8, 4) is 11.1 Å². The normalized spacial score (nSPS) is 18.2. The van der Waals surface area contributed by atoms with Gasteiger partial charge in [0.2, 0.25) is 5.91 Å². The van der Waals surface area contributed by atoms with Crippen molar-refractivity contribution in [3.63, 3.8) is 0 Å². The Morgan fingerprint density at radius 2 is 1.69 bits per heavy atom. The number of carboxylic acid groups (broad SMARTS) is 1. The molecular formula is C28H22F2N4O5. The molecule has 1 fully saturated rings. The van der Waals surface area contributed by atoms with Crippen LogP contribution in [0.25, 0.3) is 22.0 Å². The topological polar surface area (TPSA) is 114 Å². The summed E-state index contributed by atoms with van der Waals surface area (Å²) in [5.74, 6) is -1.88. The van der Waals surface area contributed by atoms with Crippen molar-refractivity contribution in [3.05, 3.63) is 83.8 Å². The molecule has 0 saturated carbocycles. The number of carbonyl (C=O) groups excluding carboxylic acids is 2. The second kappa shape index (κ2) is 9.50. The molecule has 6 rings (SSSR count). The third-order valence-corrected chi connectivity index (χ3v) is 7.25. The number of nitrogens with zero attached hydrogens (tertiary/aromatic N) is 3. The van der Waals surface area contributed by atoms with Crippen molar-refractivity contribution >= 4 is 34.7 Å². The summed E-state index contributed by atoms with van der Waals surface area (Å²) in [6.45, 7) is -0.324. The zero-order chi connectivity index (χ0) is 27.3. The van der Waals surface area contributed by atoms with Gasteiger partial charge in [0, 0.05) is 12.3 Å². The van der Waals surface area contributed by atoms with E-state index in [4.69, 9.17) is 9.84 Å². The number of fused-ring (bicyclic) bond motifs is 4. The van der Waals surface area contributed by atoms with E-state index >= 15 is 4.39 Å². The van der Waals surface area contributed by atoms with Crippen LogP contribution < -0.4 is 5.32 Å². The Balaban J connectivity index is 1.18. The van der Waals surface area contributed by atoms with E-state index in [2.05, 4.69) is 10.4 Å². The van der Waals surface area contributed by atoms with Crippen LogP contribution in [0, 0.1) is 5.82 Å². The van der Waals surface area contributed by atoms with Crippen LogP contribution in [0.1, 0.15) is 23.5 Å². The third-order valence-electron chi connectivity index (χ3n) is 7.25. The summed E-state index contributed by atoms with van der Waals surface area (Å²) in [4.78, 5) is 38.4. The van der Waals surface area contributed by atoms with E-state index in [1.807, 2.05) is 48.5 Å². The highest BCUT2D eigenvalue weighted by molar-refractivity contribution is 5.99. The number of hydrogen-bond acceptors (Lipinski definition) is 5. The standard InChI is InChI=1S/C28H22F2N4O5/c29-15-11-24(26(35)32-22-9-10-23-20(25(22)30)12-31-34(23)27(36)37)33(13-15)28(38)39-14-21-18-7-3-1-5-16(18)17-6-2-4-8-19(17)21/h1-10,12,15,21,24H,11,13-14H2,(H,32,35)(H,36,37)/t15-,24-/m1/s1.